The summed E-state index contributed by atoms with van der Waals surface area (Å²) in [6.07, 6.45) is 2.40. The lowest BCUT2D eigenvalue weighted by molar-refractivity contribution is 0.577. The van der Waals surface area contributed by atoms with E-state index >= 15 is 0 Å². The molecule has 4 nitrogen and oxygen atoms in total. The van der Waals surface area contributed by atoms with Gasteiger partial charge in [-0.1, -0.05) is 0 Å². The van der Waals surface area contributed by atoms with Crippen molar-refractivity contribution < 1.29 is 16.8 Å². The smallest absolute Gasteiger partial charge is 0.176 e. The van der Waals surface area contributed by atoms with Gasteiger partial charge in [0, 0.05) is 0 Å². The molecular weight excluding hydrogens is 224 g/mol. The summed E-state index contributed by atoms with van der Waals surface area (Å²) in [4.78, 5) is 0.407. The summed E-state index contributed by atoms with van der Waals surface area (Å²) in [7, 11) is -6.51. The van der Waals surface area contributed by atoms with Crippen LogP contribution in [0.4, 0.5) is 0 Å². The molecule has 1 heterocycles. The third kappa shape index (κ3) is 1.50. The first-order chi connectivity index (χ1) is 6.43. The second-order valence-electron chi connectivity index (χ2n) is 3.69. The summed E-state index contributed by atoms with van der Waals surface area (Å²) >= 11 is 0. The van der Waals surface area contributed by atoms with Gasteiger partial charge in [-0.15, -0.1) is 0 Å². The molecule has 0 unspecified atom stereocenters. The summed E-state index contributed by atoms with van der Waals surface area (Å²) in [5.41, 5.74) is 0. The van der Waals surface area contributed by atoms with Crippen LogP contribution in [0.15, 0.2) is 9.81 Å². The van der Waals surface area contributed by atoms with E-state index in [1.165, 1.54) is 0 Å². The standard InChI is InChI=1S/C8H12O4S2/c9-13(10)5-6-14(11,12)8-4-2-1-3-7(8)13/h1-6H2. The van der Waals surface area contributed by atoms with Crippen LogP contribution in [0.2, 0.25) is 0 Å². The van der Waals surface area contributed by atoms with E-state index in [2.05, 4.69) is 0 Å². The van der Waals surface area contributed by atoms with Crippen LogP contribution in [-0.4, -0.2) is 28.3 Å². The fraction of sp³-hybridized carbons (Fsp3) is 0.750. The van der Waals surface area contributed by atoms with Gasteiger partial charge < -0.3 is 0 Å². The normalized spacial score (nSPS) is 29.7. The lowest BCUT2D eigenvalue weighted by Gasteiger charge is -2.24. The Morgan fingerprint density at radius 3 is 1.43 bits per heavy atom. The predicted octanol–water partition coefficient (Wildman–Crippen LogP) is 0.615. The number of allylic oxidation sites excluding steroid dienone is 2. The summed E-state index contributed by atoms with van der Waals surface area (Å²) in [6.45, 7) is 0. The van der Waals surface area contributed by atoms with E-state index in [4.69, 9.17) is 0 Å². The maximum atomic E-state index is 11.6. The molecule has 2 aliphatic rings. The summed E-state index contributed by atoms with van der Waals surface area (Å²) in [5, 5.41) is 0. The van der Waals surface area contributed by atoms with Crippen molar-refractivity contribution >= 4 is 19.7 Å². The van der Waals surface area contributed by atoms with Gasteiger partial charge in [-0.2, -0.15) is 0 Å². The van der Waals surface area contributed by atoms with E-state index < -0.39 is 19.7 Å². The van der Waals surface area contributed by atoms with Gasteiger partial charge in [-0.05, 0) is 25.7 Å². The lowest BCUT2D eigenvalue weighted by atomic mass is 10.1. The van der Waals surface area contributed by atoms with Crippen molar-refractivity contribution in [3.8, 4) is 0 Å². The number of rotatable bonds is 0. The zero-order valence-corrected chi connectivity index (χ0v) is 9.33. The number of sulfone groups is 2. The minimum Gasteiger partial charge on any atom is -0.224 e. The van der Waals surface area contributed by atoms with Crippen molar-refractivity contribution in [3.05, 3.63) is 9.81 Å². The van der Waals surface area contributed by atoms with Crippen LogP contribution in [0, 0.1) is 0 Å². The SMILES string of the molecule is O=S1(=O)CCS(=O)(=O)C2=C1CCCC2. The van der Waals surface area contributed by atoms with Crippen LogP contribution < -0.4 is 0 Å². The highest BCUT2D eigenvalue weighted by atomic mass is 32.2. The first-order valence-electron chi connectivity index (χ1n) is 4.61. The van der Waals surface area contributed by atoms with Gasteiger partial charge in [-0.3, -0.25) is 0 Å². The molecule has 2 rings (SSSR count). The topological polar surface area (TPSA) is 68.3 Å². The maximum Gasteiger partial charge on any atom is 0.176 e. The van der Waals surface area contributed by atoms with E-state index in [-0.39, 0.29) is 21.3 Å². The van der Waals surface area contributed by atoms with Crippen molar-refractivity contribution in [2.24, 2.45) is 0 Å². The predicted molar refractivity (Wildman–Crippen MR) is 53.1 cm³/mol. The van der Waals surface area contributed by atoms with Gasteiger partial charge in [-0.25, -0.2) is 16.8 Å². The van der Waals surface area contributed by atoms with Crippen molar-refractivity contribution in [2.45, 2.75) is 25.7 Å². The Hall–Kier alpha value is -0.360. The summed E-state index contributed by atoms with van der Waals surface area (Å²) in [5.74, 6) is -0.456. The number of hydrogen-bond donors (Lipinski definition) is 0. The Morgan fingerprint density at radius 1 is 0.714 bits per heavy atom. The molecule has 0 spiro atoms. The quantitative estimate of drug-likeness (QED) is 0.618. The van der Waals surface area contributed by atoms with Crippen LogP contribution in [0.25, 0.3) is 0 Å². The molecule has 1 aliphatic heterocycles. The van der Waals surface area contributed by atoms with Gasteiger partial charge >= 0.3 is 0 Å². The van der Waals surface area contributed by atoms with E-state index in [1.807, 2.05) is 0 Å². The van der Waals surface area contributed by atoms with Crippen LogP contribution in [0.5, 0.6) is 0 Å². The van der Waals surface area contributed by atoms with Crippen molar-refractivity contribution in [1.82, 2.24) is 0 Å². The van der Waals surface area contributed by atoms with Crippen molar-refractivity contribution in [3.63, 3.8) is 0 Å². The van der Waals surface area contributed by atoms with Gasteiger partial charge in [0.25, 0.3) is 0 Å². The molecule has 80 valence electrons. The minimum absolute atomic E-state index is 0.204. The molecular formula is C8H12O4S2. The monoisotopic (exact) mass is 236 g/mol. The third-order valence-electron chi connectivity index (χ3n) is 2.74. The highest BCUT2D eigenvalue weighted by Crippen LogP contribution is 2.35. The molecule has 0 bridgehead atoms. The molecule has 0 N–H and O–H groups in total. The molecule has 0 atom stereocenters. The Bertz CT molecular complexity index is 435. The molecule has 1 aliphatic carbocycles. The van der Waals surface area contributed by atoms with E-state index in [1.54, 1.807) is 0 Å². The molecule has 14 heavy (non-hydrogen) atoms. The minimum atomic E-state index is -3.25. The van der Waals surface area contributed by atoms with Gasteiger partial charge in [0.15, 0.2) is 19.7 Å². The number of hydrogen-bond acceptors (Lipinski definition) is 4. The molecule has 0 aromatic heterocycles. The van der Waals surface area contributed by atoms with Crippen LogP contribution in [0.3, 0.4) is 0 Å². The van der Waals surface area contributed by atoms with E-state index in [0.717, 1.165) is 12.8 Å². The van der Waals surface area contributed by atoms with E-state index in [0.29, 0.717) is 12.8 Å². The lowest BCUT2D eigenvalue weighted by Crippen LogP contribution is -2.29. The zero-order valence-electron chi connectivity index (χ0n) is 7.69. The first-order valence-corrected chi connectivity index (χ1v) is 7.91. The third-order valence-corrected chi connectivity index (χ3v) is 7.01. The highest BCUT2D eigenvalue weighted by molar-refractivity contribution is 8.02. The van der Waals surface area contributed by atoms with Crippen molar-refractivity contribution in [2.75, 3.05) is 11.5 Å². The fourth-order valence-electron chi connectivity index (χ4n) is 1.97. The molecule has 6 heteroatoms. The second kappa shape index (κ2) is 3.06. The Kier molecular flexibility index (Phi) is 2.23. The zero-order chi connectivity index (χ0) is 10.4. The van der Waals surface area contributed by atoms with Gasteiger partial charge in [0.05, 0.1) is 21.3 Å². The Labute approximate surface area is 83.8 Å². The highest BCUT2D eigenvalue weighted by Gasteiger charge is 2.36. The first kappa shape index (κ1) is 10.2. The molecule has 0 fully saturated rings. The maximum absolute atomic E-state index is 11.6. The van der Waals surface area contributed by atoms with Crippen LogP contribution >= 0.6 is 0 Å². The van der Waals surface area contributed by atoms with Crippen LogP contribution in [-0.2, 0) is 19.7 Å². The average Bonchev–Trinajstić information content (AvgIpc) is 2.14. The molecule has 0 amide bonds. The van der Waals surface area contributed by atoms with Gasteiger partial charge in [0.2, 0.25) is 0 Å². The Balaban J connectivity index is 2.67. The van der Waals surface area contributed by atoms with E-state index in [9.17, 15) is 16.8 Å². The van der Waals surface area contributed by atoms with Crippen molar-refractivity contribution in [1.29, 1.82) is 0 Å². The molecule has 0 saturated heterocycles. The van der Waals surface area contributed by atoms with Crippen LogP contribution in [0.1, 0.15) is 25.7 Å². The second-order valence-corrected chi connectivity index (χ2v) is 7.95. The largest absolute Gasteiger partial charge is 0.224 e. The molecule has 0 radical (unpaired) electrons. The molecule has 0 aromatic rings. The summed E-state index contributed by atoms with van der Waals surface area (Å²) < 4.78 is 46.3. The summed E-state index contributed by atoms with van der Waals surface area (Å²) in [6, 6.07) is 0. The average molecular weight is 236 g/mol. The molecule has 0 aromatic carbocycles. The fourth-order valence-corrected chi connectivity index (χ4v) is 6.79. The Morgan fingerprint density at radius 2 is 1.07 bits per heavy atom. The molecule has 0 saturated carbocycles. The van der Waals surface area contributed by atoms with Gasteiger partial charge in [0.1, 0.15) is 0 Å².